The number of nitrogen functional groups attached to an aromatic ring is 1. The van der Waals surface area contributed by atoms with Crippen LogP contribution in [-0.4, -0.2) is 22.2 Å². The van der Waals surface area contributed by atoms with Crippen molar-refractivity contribution < 1.29 is 4.79 Å². The summed E-state index contributed by atoms with van der Waals surface area (Å²) in [7, 11) is 0. The Bertz CT molecular complexity index is 337. The molecule has 1 aromatic heterocycles. The van der Waals surface area contributed by atoms with Gasteiger partial charge in [0, 0.05) is 18.2 Å². The molecule has 1 amide bonds. The molecule has 15 heavy (non-hydrogen) atoms. The summed E-state index contributed by atoms with van der Waals surface area (Å²) in [5, 5.41) is 6.85. The Kier molecular flexibility index (Phi) is 3.34. The van der Waals surface area contributed by atoms with Crippen LogP contribution >= 0.6 is 0 Å². The number of hydrogen-bond acceptors (Lipinski definition) is 3. The monoisotopic (exact) mass is 210 g/mol. The van der Waals surface area contributed by atoms with Crippen LogP contribution in [0, 0.1) is 5.41 Å². The van der Waals surface area contributed by atoms with Gasteiger partial charge in [-0.1, -0.05) is 20.8 Å². The summed E-state index contributed by atoms with van der Waals surface area (Å²) in [6, 6.07) is 0. The molecule has 0 fully saturated rings. The van der Waals surface area contributed by atoms with Crippen molar-refractivity contribution in [1.82, 2.24) is 15.1 Å². The zero-order valence-corrected chi connectivity index (χ0v) is 9.45. The van der Waals surface area contributed by atoms with Crippen LogP contribution in [0.2, 0.25) is 0 Å². The summed E-state index contributed by atoms with van der Waals surface area (Å²) in [4.78, 5) is 11.5. The number of carbonyl (C=O) groups is 1. The van der Waals surface area contributed by atoms with Gasteiger partial charge in [-0.05, 0) is 0 Å². The van der Waals surface area contributed by atoms with Gasteiger partial charge >= 0.3 is 0 Å². The van der Waals surface area contributed by atoms with Gasteiger partial charge in [0.25, 0.3) is 0 Å². The number of amides is 1. The maximum Gasteiger partial charge on any atom is 0.225 e. The zero-order chi connectivity index (χ0) is 11.5. The van der Waals surface area contributed by atoms with E-state index in [9.17, 15) is 4.79 Å². The number of aromatic nitrogens is 2. The quantitative estimate of drug-likeness (QED) is 0.768. The van der Waals surface area contributed by atoms with Crippen molar-refractivity contribution in [2.45, 2.75) is 27.3 Å². The van der Waals surface area contributed by atoms with Gasteiger partial charge in [-0.25, -0.2) is 0 Å². The summed E-state index contributed by atoms with van der Waals surface area (Å²) >= 11 is 0. The van der Waals surface area contributed by atoms with Crippen molar-refractivity contribution in [2.24, 2.45) is 5.41 Å². The Morgan fingerprint density at radius 3 is 2.73 bits per heavy atom. The highest BCUT2D eigenvalue weighted by Crippen LogP contribution is 2.11. The molecule has 0 saturated heterocycles. The van der Waals surface area contributed by atoms with Gasteiger partial charge in [0.1, 0.15) is 0 Å². The van der Waals surface area contributed by atoms with Crippen LogP contribution in [0.4, 0.5) is 5.69 Å². The molecular weight excluding hydrogens is 192 g/mol. The van der Waals surface area contributed by atoms with Crippen molar-refractivity contribution in [2.75, 3.05) is 12.3 Å². The highest BCUT2D eigenvalue weighted by molar-refractivity contribution is 5.81. The third-order valence-electron chi connectivity index (χ3n) is 1.96. The van der Waals surface area contributed by atoms with Crippen LogP contribution < -0.4 is 11.1 Å². The molecule has 1 heterocycles. The van der Waals surface area contributed by atoms with E-state index in [1.54, 1.807) is 17.1 Å². The summed E-state index contributed by atoms with van der Waals surface area (Å²) in [6.45, 7) is 6.85. The molecule has 0 aromatic carbocycles. The van der Waals surface area contributed by atoms with Crippen molar-refractivity contribution in [3.05, 3.63) is 12.4 Å². The van der Waals surface area contributed by atoms with Gasteiger partial charge < -0.3 is 11.1 Å². The summed E-state index contributed by atoms with van der Waals surface area (Å²) < 4.78 is 1.71. The van der Waals surface area contributed by atoms with Gasteiger partial charge in [-0.15, -0.1) is 0 Å². The van der Waals surface area contributed by atoms with Crippen LogP contribution in [0.15, 0.2) is 12.4 Å². The maximum absolute atomic E-state index is 11.5. The summed E-state index contributed by atoms with van der Waals surface area (Å²) in [5.41, 5.74) is 5.80. The summed E-state index contributed by atoms with van der Waals surface area (Å²) in [6.07, 6.45) is 3.33. The van der Waals surface area contributed by atoms with Crippen LogP contribution in [0.1, 0.15) is 20.8 Å². The van der Waals surface area contributed by atoms with Crippen molar-refractivity contribution in [3.63, 3.8) is 0 Å². The fourth-order valence-electron chi connectivity index (χ4n) is 1.05. The molecule has 5 nitrogen and oxygen atoms in total. The Hall–Kier alpha value is -1.52. The van der Waals surface area contributed by atoms with Crippen LogP contribution in [-0.2, 0) is 11.3 Å². The van der Waals surface area contributed by atoms with Gasteiger partial charge in [0.15, 0.2) is 0 Å². The largest absolute Gasteiger partial charge is 0.396 e. The predicted molar refractivity (Wildman–Crippen MR) is 59.1 cm³/mol. The highest BCUT2D eigenvalue weighted by Gasteiger charge is 2.20. The third-order valence-corrected chi connectivity index (χ3v) is 1.96. The van der Waals surface area contributed by atoms with E-state index < -0.39 is 0 Å². The first-order valence-corrected chi connectivity index (χ1v) is 4.96. The van der Waals surface area contributed by atoms with Gasteiger partial charge in [0.05, 0.1) is 18.4 Å². The maximum atomic E-state index is 11.5. The molecule has 0 saturated carbocycles. The van der Waals surface area contributed by atoms with E-state index in [0.29, 0.717) is 18.8 Å². The molecule has 0 aliphatic heterocycles. The van der Waals surface area contributed by atoms with E-state index in [0.717, 1.165) is 0 Å². The number of rotatable bonds is 3. The lowest BCUT2D eigenvalue weighted by Gasteiger charge is -2.17. The first kappa shape index (κ1) is 11.6. The van der Waals surface area contributed by atoms with Crippen molar-refractivity contribution in [3.8, 4) is 0 Å². The Labute approximate surface area is 89.6 Å². The average molecular weight is 210 g/mol. The lowest BCUT2D eigenvalue weighted by molar-refractivity contribution is -0.128. The van der Waals surface area contributed by atoms with E-state index in [4.69, 9.17) is 5.73 Å². The number of nitrogens with one attached hydrogen (secondary N) is 1. The second kappa shape index (κ2) is 4.33. The minimum atomic E-state index is -0.344. The molecule has 0 radical (unpaired) electrons. The fraction of sp³-hybridized carbons (Fsp3) is 0.600. The molecular formula is C10H18N4O. The molecule has 0 aliphatic carbocycles. The molecule has 0 unspecified atom stereocenters. The van der Waals surface area contributed by atoms with E-state index in [1.165, 1.54) is 0 Å². The number of hydrogen-bond donors (Lipinski definition) is 2. The SMILES string of the molecule is CC(C)(C)C(=O)NCCn1cc(N)cn1. The Morgan fingerprint density at radius 2 is 2.27 bits per heavy atom. The summed E-state index contributed by atoms with van der Waals surface area (Å²) in [5.74, 6) is 0.0441. The molecule has 0 aliphatic rings. The second-order valence-electron chi connectivity index (χ2n) is 4.54. The average Bonchev–Trinajstić information content (AvgIpc) is 2.49. The lowest BCUT2D eigenvalue weighted by atomic mass is 9.96. The molecule has 0 atom stereocenters. The first-order valence-electron chi connectivity index (χ1n) is 4.96. The number of carbonyl (C=O) groups excluding carboxylic acids is 1. The third kappa shape index (κ3) is 3.61. The van der Waals surface area contributed by atoms with Crippen molar-refractivity contribution >= 4 is 11.6 Å². The molecule has 1 rings (SSSR count). The topological polar surface area (TPSA) is 72.9 Å². The van der Waals surface area contributed by atoms with E-state index in [2.05, 4.69) is 10.4 Å². The zero-order valence-electron chi connectivity index (χ0n) is 9.45. The number of nitrogens with zero attached hydrogens (tertiary/aromatic N) is 2. The number of anilines is 1. The van der Waals surface area contributed by atoms with E-state index in [-0.39, 0.29) is 11.3 Å². The van der Waals surface area contributed by atoms with E-state index in [1.807, 2.05) is 20.8 Å². The Balaban J connectivity index is 2.31. The van der Waals surface area contributed by atoms with Crippen LogP contribution in [0.3, 0.4) is 0 Å². The van der Waals surface area contributed by atoms with E-state index >= 15 is 0 Å². The normalized spacial score (nSPS) is 11.4. The minimum absolute atomic E-state index is 0.0441. The predicted octanol–water partition coefficient (Wildman–Crippen LogP) is 0.628. The van der Waals surface area contributed by atoms with Gasteiger partial charge in [-0.2, -0.15) is 5.10 Å². The smallest absolute Gasteiger partial charge is 0.225 e. The van der Waals surface area contributed by atoms with Crippen molar-refractivity contribution in [1.29, 1.82) is 0 Å². The fourth-order valence-corrected chi connectivity index (χ4v) is 1.05. The minimum Gasteiger partial charge on any atom is -0.396 e. The second-order valence-corrected chi connectivity index (χ2v) is 4.54. The standard InChI is InChI=1S/C10H18N4O/c1-10(2,3)9(15)12-4-5-14-7-8(11)6-13-14/h6-7H,4-5,11H2,1-3H3,(H,12,15). The lowest BCUT2D eigenvalue weighted by Crippen LogP contribution is -2.36. The Morgan fingerprint density at radius 1 is 1.60 bits per heavy atom. The number of nitrogens with two attached hydrogens (primary N) is 1. The molecule has 0 bridgehead atoms. The highest BCUT2D eigenvalue weighted by atomic mass is 16.2. The van der Waals surface area contributed by atoms with Gasteiger partial charge in [-0.3, -0.25) is 9.48 Å². The molecule has 0 spiro atoms. The van der Waals surface area contributed by atoms with Gasteiger partial charge in [0.2, 0.25) is 5.91 Å². The van der Waals surface area contributed by atoms with Crippen LogP contribution in [0.5, 0.6) is 0 Å². The molecule has 84 valence electrons. The first-order chi connectivity index (χ1) is 6.89. The molecule has 3 N–H and O–H groups in total. The van der Waals surface area contributed by atoms with Crippen LogP contribution in [0.25, 0.3) is 0 Å². The molecule has 1 aromatic rings. The molecule has 5 heteroatoms.